The van der Waals surface area contributed by atoms with E-state index in [0.717, 1.165) is 23.7 Å². The molecule has 1 aromatic carbocycles. The molecule has 0 spiro atoms. The highest BCUT2D eigenvalue weighted by molar-refractivity contribution is 9.10. The Morgan fingerprint density at radius 1 is 1.12 bits per heavy atom. The number of carbonyl (C=O) groups is 2. The van der Waals surface area contributed by atoms with E-state index in [-0.39, 0.29) is 17.5 Å². The maximum Gasteiger partial charge on any atom is 0.270 e. The molecule has 2 heterocycles. The van der Waals surface area contributed by atoms with Gasteiger partial charge >= 0.3 is 0 Å². The van der Waals surface area contributed by atoms with Crippen LogP contribution in [0.15, 0.2) is 57.2 Å². The van der Waals surface area contributed by atoms with E-state index in [0.29, 0.717) is 24.4 Å². The third-order valence-electron chi connectivity index (χ3n) is 4.04. The number of likely N-dealkylation sites (tertiary alicyclic amines) is 1. The number of nitrogens with one attached hydrogen (secondary N) is 1. The first-order valence-corrected chi connectivity index (χ1v) is 9.04. The third-order valence-corrected chi connectivity index (χ3v) is 4.53. The van der Waals surface area contributed by atoms with Gasteiger partial charge in [0.2, 0.25) is 0 Å². The predicted octanol–water partition coefficient (Wildman–Crippen LogP) is 3.83. The summed E-state index contributed by atoms with van der Waals surface area (Å²) in [6.45, 7) is 1.42. The fourth-order valence-electron chi connectivity index (χ4n) is 2.76. The SMILES string of the molecule is O=C(N/C(=C\c1ccco1)C(=O)N1CCCCC1)c1cccc(Br)c1. The topological polar surface area (TPSA) is 62.6 Å². The highest BCUT2D eigenvalue weighted by atomic mass is 79.9. The van der Waals surface area contributed by atoms with E-state index in [9.17, 15) is 9.59 Å². The summed E-state index contributed by atoms with van der Waals surface area (Å²) in [6, 6.07) is 10.5. The zero-order valence-corrected chi connectivity index (χ0v) is 15.3. The molecule has 1 aromatic heterocycles. The second kappa shape index (κ2) is 8.16. The van der Waals surface area contributed by atoms with Crippen LogP contribution in [0.25, 0.3) is 6.08 Å². The smallest absolute Gasteiger partial charge is 0.270 e. The van der Waals surface area contributed by atoms with Crippen LogP contribution in [-0.4, -0.2) is 29.8 Å². The zero-order chi connectivity index (χ0) is 17.6. The van der Waals surface area contributed by atoms with Gasteiger partial charge in [0.05, 0.1) is 6.26 Å². The monoisotopic (exact) mass is 402 g/mol. The fraction of sp³-hybridized carbons (Fsp3) is 0.263. The minimum atomic E-state index is -0.329. The summed E-state index contributed by atoms with van der Waals surface area (Å²) in [6.07, 6.45) is 6.21. The first kappa shape index (κ1) is 17.5. The zero-order valence-electron chi connectivity index (χ0n) is 13.7. The van der Waals surface area contributed by atoms with Gasteiger partial charge in [-0.05, 0) is 49.6 Å². The molecule has 2 aromatic rings. The Hall–Kier alpha value is -2.34. The van der Waals surface area contributed by atoms with Crippen LogP contribution in [0.3, 0.4) is 0 Å². The van der Waals surface area contributed by atoms with Crippen molar-refractivity contribution < 1.29 is 14.0 Å². The van der Waals surface area contributed by atoms with Gasteiger partial charge in [-0.2, -0.15) is 0 Å². The van der Waals surface area contributed by atoms with Crippen molar-refractivity contribution in [2.45, 2.75) is 19.3 Å². The summed E-state index contributed by atoms with van der Waals surface area (Å²) >= 11 is 3.35. The molecule has 1 aliphatic heterocycles. The number of carbonyl (C=O) groups excluding carboxylic acids is 2. The number of rotatable bonds is 4. The van der Waals surface area contributed by atoms with E-state index in [1.165, 1.54) is 6.26 Å². The average molecular weight is 403 g/mol. The summed E-state index contributed by atoms with van der Waals surface area (Å²) in [5.74, 6) is 0.0128. The second-order valence-corrected chi connectivity index (χ2v) is 6.81. The lowest BCUT2D eigenvalue weighted by atomic mass is 10.1. The van der Waals surface area contributed by atoms with E-state index < -0.39 is 0 Å². The largest absolute Gasteiger partial charge is 0.465 e. The average Bonchev–Trinajstić information content (AvgIpc) is 3.14. The number of hydrogen-bond acceptors (Lipinski definition) is 3. The van der Waals surface area contributed by atoms with Crippen molar-refractivity contribution in [3.63, 3.8) is 0 Å². The maximum absolute atomic E-state index is 12.9. The Morgan fingerprint density at radius 2 is 1.92 bits per heavy atom. The highest BCUT2D eigenvalue weighted by Gasteiger charge is 2.22. The summed E-state index contributed by atoms with van der Waals surface area (Å²) in [7, 11) is 0. The van der Waals surface area contributed by atoms with E-state index >= 15 is 0 Å². The maximum atomic E-state index is 12.9. The molecule has 1 aliphatic rings. The van der Waals surface area contributed by atoms with E-state index in [1.807, 2.05) is 6.07 Å². The van der Waals surface area contributed by atoms with Gasteiger partial charge in [0.15, 0.2) is 0 Å². The third kappa shape index (κ3) is 4.60. The van der Waals surface area contributed by atoms with Gasteiger partial charge in [0.1, 0.15) is 11.5 Å². The molecule has 0 unspecified atom stereocenters. The number of benzene rings is 1. The number of hydrogen-bond donors (Lipinski definition) is 1. The Balaban J connectivity index is 1.83. The lowest BCUT2D eigenvalue weighted by Gasteiger charge is -2.27. The van der Waals surface area contributed by atoms with Crippen molar-refractivity contribution in [2.75, 3.05) is 13.1 Å². The van der Waals surface area contributed by atoms with Gasteiger partial charge < -0.3 is 14.6 Å². The molecule has 25 heavy (non-hydrogen) atoms. The number of amides is 2. The molecule has 0 atom stereocenters. The van der Waals surface area contributed by atoms with Crippen molar-refractivity contribution in [2.24, 2.45) is 0 Å². The van der Waals surface area contributed by atoms with Crippen LogP contribution < -0.4 is 5.32 Å². The molecule has 0 bridgehead atoms. The van der Waals surface area contributed by atoms with Crippen LogP contribution in [-0.2, 0) is 4.79 Å². The molecule has 0 saturated carbocycles. The first-order valence-electron chi connectivity index (χ1n) is 8.25. The predicted molar refractivity (Wildman–Crippen MR) is 98.7 cm³/mol. The van der Waals surface area contributed by atoms with Gasteiger partial charge in [-0.3, -0.25) is 9.59 Å². The van der Waals surface area contributed by atoms with Crippen LogP contribution >= 0.6 is 15.9 Å². The lowest BCUT2D eigenvalue weighted by molar-refractivity contribution is -0.128. The van der Waals surface area contributed by atoms with E-state index in [1.54, 1.807) is 41.3 Å². The standard InChI is InChI=1S/C19H19BrN2O3/c20-15-7-4-6-14(12-15)18(23)21-17(13-16-8-5-11-25-16)19(24)22-9-2-1-3-10-22/h4-8,11-13H,1-3,9-10H2,(H,21,23)/b17-13-. The van der Waals surface area contributed by atoms with Crippen molar-refractivity contribution >= 4 is 33.8 Å². The number of nitrogens with zero attached hydrogens (tertiary/aromatic N) is 1. The molecule has 5 nitrogen and oxygen atoms in total. The molecule has 0 radical (unpaired) electrons. The number of piperidine rings is 1. The number of halogens is 1. The second-order valence-electron chi connectivity index (χ2n) is 5.89. The molecule has 1 N–H and O–H groups in total. The van der Waals surface area contributed by atoms with Crippen LogP contribution in [0.5, 0.6) is 0 Å². The molecule has 0 aliphatic carbocycles. The summed E-state index contributed by atoms with van der Waals surface area (Å²) in [5.41, 5.74) is 0.702. The summed E-state index contributed by atoms with van der Waals surface area (Å²) in [5, 5.41) is 2.75. The molecule has 1 saturated heterocycles. The van der Waals surface area contributed by atoms with E-state index in [4.69, 9.17) is 4.42 Å². The van der Waals surface area contributed by atoms with Crippen LogP contribution in [0, 0.1) is 0 Å². The van der Waals surface area contributed by atoms with Gasteiger partial charge in [-0.1, -0.05) is 22.0 Å². The molecule has 1 fully saturated rings. The normalized spacial score (nSPS) is 15.1. The van der Waals surface area contributed by atoms with E-state index in [2.05, 4.69) is 21.2 Å². The fourth-order valence-corrected chi connectivity index (χ4v) is 3.16. The minimum absolute atomic E-state index is 0.181. The van der Waals surface area contributed by atoms with Crippen molar-refractivity contribution in [3.05, 3.63) is 64.2 Å². The van der Waals surface area contributed by atoms with Gasteiger partial charge in [0, 0.05) is 29.2 Å². The highest BCUT2D eigenvalue weighted by Crippen LogP contribution is 2.16. The summed E-state index contributed by atoms with van der Waals surface area (Å²) < 4.78 is 6.11. The molecule has 2 amide bonds. The lowest BCUT2D eigenvalue weighted by Crippen LogP contribution is -2.41. The van der Waals surface area contributed by atoms with Gasteiger partial charge in [-0.15, -0.1) is 0 Å². The quantitative estimate of drug-likeness (QED) is 0.790. The van der Waals surface area contributed by atoms with Crippen molar-refractivity contribution in [3.8, 4) is 0 Å². The Kier molecular flexibility index (Phi) is 5.71. The minimum Gasteiger partial charge on any atom is -0.465 e. The van der Waals surface area contributed by atoms with Gasteiger partial charge in [-0.25, -0.2) is 0 Å². The Labute approximate surface area is 154 Å². The summed E-state index contributed by atoms with van der Waals surface area (Å²) in [4.78, 5) is 27.2. The van der Waals surface area contributed by atoms with Crippen molar-refractivity contribution in [1.29, 1.82) is 0 Å². The molecule has 3 rings (SSSR count). The Bertz CT molecular complexity index is 778. The Morgan fingerprint density at radius 3 is 2.60 bits per heavy atom. The van der Waals surface area contributed by atoms with Crippen LogP contribution in [0.1, 0.15) is 35.4 Å². The molecule has 130 valence electrons. The van der Waals surface area contributed by atoms with Crippen LogP contribution in [0.2, 0.25) is 0 Å². The van der Waals surface area contributed by atoms with Gasteiger partial charge in [0.25, 0.3) is 11.8 Å². The number of furan rings is 1. The molecule has 6 heteroatoms. The van der Waals surface area contributed by atoms with Crippen LogP contribution in [0.4, 0.5) is 0 Å². The molecular formula is C19H19BrN2O3. The van der Waals surface area contributed by atoms with Crippen molar-refractivity contribution in [1.82, 2.24) is 10.2 Å². The molecular weight excluding hydrogens is 384 g/mol. The first-order chi connectivity index (χ1) is 12.1.